The number of nitrogens with one attached hydrogen (secondary N) is 1. The van der Waals surface area contributed by atoms with Gasteiger partial charge in [-0.2, -0.15) is 0 Å². The van der Waals surface area contributed by atoms with Gasteiger partial charge in [0, 0.05) is 6.42 Å². The Morgan fingerprint density at radius 2 is 1.78 bits per heavy atom. The highest BCUT2D eigenvalue weighted by Crippen LogP contribution is 2.10. The monoisotopic (exact) mass is 315 g/mol. The Bertz CT molecular complexity index is 698. The van der Waals surface area contributed by atoms with E-state index in [9.17, 15) is 19.1 Å². The average Bonchev–Trinajstić information content (AvgIpc) is 2.51. The second kappa shape index (κ2) is 7.54. The van der Waals surface area contributed by atoms with Crippen molar-refractivity contribution >= 4 is 11.9 Å². The molecule has 0 aliphatic heterocycles. The predicted molar refractivity (Wildman–Crippen MR) is 84.6 cm³/mol. The number of halogens is 1. The molecule has 0 spiro atoms. The van der Waals surface area contributed by atoms with Gasteiger partial charge in [-0.05, 0) is 35.7 Å². The first-order valence-electron chi connectivity index (χ1n) is 7.27. The number of carbonyl (C=O) groups excluding carboxylic acids is 1. The van der Waals surface area contributed by atoms with E-state index in [4.69, 9.17) is 0 Å². The van der Waals surface area contributed by atoms with Crippen molar-refractivity contribution in [3.05, 3.63) is 71.0 Å². The SMILES string of the molecule is Cc1ccccc1C[C@@H](NC(=O)Cc1ccc(F)cc1)C(=O)O. The standard InChI is InChI=1S/C18H18FNO3/c1-12-4-2-3-5-14(12)11-16(18(22)23)20-17(21)10-13-6-8-15(19)9-7-13/h2-9,16H,10-11H2,1H3,(H,20,21)(H,22,23)/t16-/m1/s1. The van der Waals surface area contributed by atoms with Gasteiger partial charge >= 0.3 is 5.97 Å². The van der Waals surface area contributed by atoms with E-state index in [0.29, 0.717) is 5.56 Å². The summed E-state index contributed by atoms with van der Waals surface area (Å²) in [5.41, 5.74) is 2.48. The maximum absolute atomic E-state index is 12.8. The molecule has 5 heteroatoms. The molecule has 1 atom stereocenters. The fraction of sp³-hybridized carbons (Fsp3) is 0.222. The molecule has 2 aromatic carbocycles. The molecule has 23 heavy (non-hydrogen) atoms. The summed E-state index contributed by atoms with van der Waals surface area (Å²) in [5, 5.41) is 11.8. The number of carbonyl (C=O) groups is 2. The number of rotatable bonds is 6. The van der Waals surface area contributed by atoms with E-state index in [1.54, 1.807) is 0 Å². The average molecular weight is 315 g/mol. The maximum atomic E-state index is 12.8. The van der Waals surface area contributed by atoms with Crippen molar-refractivity contribution in [1.82, 2.24) is 5.32 Å². The molecule has 0 saturated carbocycles. The topological polar surface area (TPSA) is 66.4 Å². The van der Waals surface area contributed by atoms with Gasteiger partial charge in [0.2, 0.25) is 5.91 Å². The third-order valence-corrected chi connectivity index (χ3v) is 3.60. The van der Waals surface area contributed by atoms with E-state index in [1.165, 1.54) is 24.3 Å². The molecule has 4 nitrogen and oxygen atoms in total. The first-order chi connectivity index (χ1) is 11.0. The van der Waals surface area contributed by atoms with Gasteiger partial charge in [-0.15, -0.1) is 0 Å². The van der Waals surface area contributed by atoms with Crippen LogP contribution in [0.1, 0.15) is 16.7 Å². The molecule has 0 aliphatic rings. The second-order valence-corrected chi connectivity index (χ2v) is 5.39. The highest BCUT2D eigenvalue weighted by atomic mass is 19.1. The van der Waals surface area contributed by atoms with Gasteiger partial charge in [0.05, 0.1) is 6.42 Å². The quantitative estimate of drug-likeness (QED) is 0.860. The molecule has 2 N–H and O–H groups in total. The zero-order chi connectivity index (χ0) is 16.8. The minimum Gasteiger partial charge on any atom is -0.480 e. The van der Waals surface area contributed by atoms with Crippen LogP contribution in [0.25, 0.3) is 0 Å². The van der Waals surface area contributed by atoms with Crippen molar-refractivity contribution in [2.45, 2.75) is 25.8 Å². The molecule has 0 bridgehead atoms. The summed E-state index contributed by atoms with van der Waals surface area (Å²) in [7, 11) is 0. The fourth-order valence-corrected chi connectivity index (χ4v) is 2.29. The molecule has 0 unspecified atom stereocenters. The summed E-state index contributed by atoms with van der Waals surface area (Å²) in [5.74, 6) is -1.87. The summed E-state index contributed by atoms with van der Waals surface area (Å²) in [4.78, 5) is 23.4. The summed E-state index contributed by atoms with van der Waals surface area (Å²) in [6, 6.07) is 12.0. The van der Waals surface area contributed by atoms with E-state index in [2.05, 4.69) is 5.32 Å². The van der Waals surface area contributed by atoms with Crippen LogP contribution in [0.3, 0.4) is 0 Å². The fourth-order valence-electron chi connectivity index (χ4n) is 2.29. The first kappa shape index (κ1) is 16.7. The van der Waals surface area contributed by atoms with Gasteiger partial charge in [0.15, 0.2) is 0 Å². The number of aliphatic carboxylic acids is 1. The van der Waals surface area contributed by atoms with Crippen molar-refractivity contribution in [3.8, 4) is 0 Å². The summed E-state index contributed by atoms with van der Waals surface area (Å²) >= 11 is 0. The Morgan fingerprint density at radius 1 is 1.13 bits per heavy atom. The van der Waals surface area contributed by atoms with Crippen LogP contribution in [0.5, 0.6) is 0 Å². The first-order valence-corrected chi connectivity index (χ1v) is 7.27. The molecular weight excluding hydrogens is 297 g/mol. The number of hydrogen-bond donors (Lipinski definition) is 2. The van der Waals surface area contributed by atoms with Crippen molar-refractivity contribution < 1.29 is 19.1 Å². The Morgan fingerprint density at radius 3 is 2.39 bits per heavy atom. The zero-order valence-corrected chi connectivity index (χ0v) is 12.8. The smallest absolute Gasteiger partial charge is 0.326 e. The van der Waals surface area contributed by atoms with Crippen LogP contribution in [0.15, 0.2) is 48.5 Å². The molecule has 0 aromatic heterocycles. The largest absolute Gasteiger partial charge is 0.480 e. The van der Waals surface area contributed by atoms with Gasteiger partial charge in [-0.1, -0.05) is 36.4 Å². The molecule has 0 saturated heterocycles. The van der Waals surface area contributed by atoms with E-state index in [1.807, 2.05) is 31.2 Å². The molecule has 0 heterocycles. The van der Waals surface area contributed by atoms with Crippen LogP contribution in [-0.2, 0) is 22.4 Å². The van der Waals surface area contributed by atoms with Crippen LogP contribution >= 0.6 is 0 Å². The van der Waals surface area contributed by atoms with Crippen LogP contribution in [0, 0.1) is 12.7 Å². The van der Waals surface area contributed by atoms with Crippen LogP contribution in [-0.4, -0.2) is 23.0 Å². The Kier molecular flexibility index (Phi) is 5.46. The lowest BCUT2D eigenvalue weighted by Gasteiger charge is -2.16. The molecule has 2 rings (SSSR count). The number of carboxylic acids is 1. The number of amides is 1. The van der Waals surface area contributed by atoms with Gasteiger partial charge in [-0.3, -0.25) is 4.79 Å². The minimum absolute atomic E-state index is 0.0117. The van der Waals surface area contributed by atoms with Crippen LogP contribution in [0.4, 0.5) is 4.39 Å². The molecule has 0 radical (unpaired) electrons. The summed E-state index contributed by atoms with van der Waals surface area (Å²) < 4.78 is 12.8. The van der Waals surface area contributed by atoms with Crippen LogP contribution < -0.4 is 5.32 Å². The second-order valence-electron chi connectivity index (χ2n) is 5.39. The zero-order valence-electron chi connectivity index (χ0n) is 12.8. The predicted octanol–water partition coefficient (Wildman–Crippen LogP) is 2.49. The third-order valence-electron chi connectivity index (χ3n) is 3.60. The van der Waals surface area contributed by atoms with Gasteiger partial charge in [0.1, 0.15) is 11.9 Å². The Hall–Kier alpha value is -2.69. The molecular formula is C18H18FNO3. The Labute approximate surface area is 134 Å². The number of benzene rings is 2. The molecule has 1 amide bonds. The van der Waals surface area contributed by atoms with Gasteiger partial charge < -0.3 is 10.4 Å². The van der Waals surface area contributed by atoms with Crippen LogP contribution in [0.2, 0.25) is 0 Å². The number of hydrogen-bond acceptors (Lipinski definition) is 2. The highest BCUT2D eigenvalue weighted by Gasteiger charge is 2.21. The minimum atomic E-state index is -1.08. The lowest BCUT2D eigenvalue weighted by atomic mass is 10.0. The summed E-state index contributed by atoms with van der Waals surface area (Å²) in [6.07, 6.45) is 0.231. The van der Waals surface area contributed by atoms with E-state index in [-0.39, 0.29) is 18.7 Å². The summed E-state index contributed by atoms with van der Waals surface area (Å²) in [6.45, 7) is 1.90. The van der Waals surface area contributed by atoms with E-state index >= 15 is 0 Å². The van der Waals surface area contributed by atoms with E-state index < -0.39 is 17.9 Å². The molecule has 2 aromatic rings. The van der Waals surface area contributed by atoms with Crippen molar-refractivity contribution in [2.75, 3.05) is 0 Å². The van der Waals surface area contributed by atoms with Crippen molar-refractivity contribution in [1.29, 1.82) is 0 Å². The maximum Gasteiger partial charge on any atom is 0.326 e. The van der Waals surface area contributed by atoms with Crippen molar-refractivity contribution in [2.24, 2.45) is 0 Å². The molecule has 0 aliphatic carbocycles. The molecule has 120 valence electrons. The van der Waals surface area contributed by atoms with E-state index in [0.717, 1.165) is 11.1 Å². The van der Waals surface area contributed by atoms with Gasteiger partial charge in [0.25, 0.3) is 0 Å². The normalized spacial score (nSPS) is 11.7. The number of aryl methyl sites for hydroxylation is 1. The lowest BCUT2D eigenvalue weighted by molar-refractivity contribution is -0.141. The highest BCUT2D eigenvalue weighted by molar-refractivity contribution is 5.85. The number of carboxylic acid groups (broad SMARTS) is 1. The third kappa shape index (κ3) is 4.92. The lowest BCUT2D eigenvalue weighted by Crippen LogP contribution is -2.43. The van der Waals surface area contributed by atoms with Crippen molar-refractivity contribution in [3.63, 3.8) is 0 Å². The van der Waals surface area contributed by atoms with Gasteiger partial charge in [-0.25, -0.2) is 9.18 Å². The Balaban J connectivity index is 2.01. The molecule has 0 fully saturated rings.